The molecule has 1 aliphatic carbocycles. The highest BCUT2D eigenvalue weighted by Gasteiger charge is 2.19. The van der Waals surface area contributed by atoms with Crippen molar-refractivity contribution in [2.75, 3.05) is 20.7 Å². The minimum Gasteiger partial charge on any atom is -0.493 e. The molecule has 0 amide bonds. The molecule has 3 rings (SSSR count). The quantitative estimate of drug-likeness (QED) is 0.502. The number of benzene rings is 2. The van der Waals surface area contributed by atoms with Gasteiger partial charge in [-0.2, -0.15) is 0 Å². The average Bonchev–Trinajstić information content (AvgIpc) is 3.20. The predicted molar refractivity (Wildman–Crippen MR) is 122 cm³/mol. The van der Waals surface area contributed by atoms with Crippen molar-refractivity contribution in [3.05, 3.63) is 65.2 Å². The fourth-order valence-electron chi connectivity index (χ4n) is 4.14. The topological polar surface area (TPSA) is 21.7 Å². The lowest BCUT2D eigenvalue weighted by Crippen LogP contribution is -2.20. The molecule has 0 bridgehead atoms. The molecule has 0 spiro atoms. The summed E-state index contributed by atoms with van der Waals surface area (Å²) in [6.45, 7) is 6.18. The Labute approximate surface area is 176 Å². The number of rotatable bonds is 9. The summed E-state index contributed by atoms with van der Waals surface area (Å²) < 4.78 is 11.9. The molecule has 2 aromatic rings. The summed E-state index contributed by atoms with van der Waals surface area (Å²) in [5.74, 6) is 1.70. The summed E-state index contributed by atoms with van der Waals surface area (Å²) in [5, 5.41) is 0. The van der Waals surface area contributed by atoms with E-state index in [9.17, 15) is 0 Å². The van der Waals surface area contributed by atoms with Crippen molar-refractivity contribution in [2.24, 2.45) is 0 Å². The first-order valence-electron chi connectivity index (χ1n) is 10.9. The van der Waals surface area contributed by atoms with Crippen LogP contribution in [0.15, 0.2) is 48.5 Å². The lowest BCUT2D eigenvalue weighted by Gasteiger charge is -2.21. The molecule has 0 aliphatic heterocycles. The summed E-state index contributed by atoms with van der Waals surface area (Å²) in [4.78, 5) is 2.37. The lowest BCUT2D eigenvalue weighted by atomic mass is 10.0. The van der Waals surface area contributed by atoms with Crippen LogP contribution in [-0.4, -0.2) is 31.7 Å². The molecule has 0 saturated heterocycles. The zero-order valence-electron chi connectivity index (χ0n) is 18.4. The summed E-state index contributed by atoms with van der Waals surface area (Å²) in [5.41, 5.74) is 5.21. The Balaban J connectivity index is 1.76. The van der Waals surface area contributed by atoms with E-state index in [0.29, 0.717) is 6.10 Å². The maximum absolute atomic E-state index is 6.31. The SMILES string of the molecule is CC/C=C(\CN(C)Cc1cccc(C)c1)c1ccc(OC)c(OC2CCCC2)c1. The van der Waals surface area contributed by atoms with Crippen molar-refractivity contribution in [3.8, 4) is 11.5 Å². The van der Waals surface area contributed by atoms with Gasteiger partial charge in [-0.05, 0) is 74.9 Å². The molecule has 3 heteroatoms. The Morgan fingerprint density at radius 3 is 2.59 bits per heavy atom. The van der Waals surface area contributed by atoms with Crippen molar-refractivity contribution in [2.45, 2.75) is 58.6 Å². The third kappa shape index (κ3) is 6.11. The zero-order valence-corrected chi connectivity index (χ0v) is 18.4. The molecule has 0 aromatic heterocycles. The van der Waals surface area contributed by atoms with Crippen LogP contribution in [0.3, 0.4) is 0 Å². The maximum atomic E-state index is 6.31. The summed E-state index contributed by atoms with van der Waals surface area (Å²) in [7, 11) is 3.90. The number of ether oxygens (including phenoxy) is 2. The van der Waals surface area contributed by atoms with Gasteiger partial charge in [-0.15, -0.1) is 0 Å². The van der Waals surface area contributed by atoms with Gasteiger partial charge in [0.25, 0.3) is 0 Å². The van der Waals surface area contributed by atoms with Gasteiger partial charge in [0.15, 0.2) is 11.5 Å². The Morgan fingerprint density at radius 1 is 1.10 bits per heavy atom. The minimum absolute atomic E-state index is 0.321. The number of likely N-dealkylation sites (N-methyl/N-ethyl adjacent to an activating group) is 1. The van der Waals surface area contributed by atoms with Gasteiger partial charge in [0.05, 0.1) is 13.2 Å². The fraction of sp³-hybridized carbons (Fsp3) is 0.462. The second-order valence-corrected chi connectivity index (χ2v) is 8.19. The van der Waals surface area contributed by atoms with Gasteiger partial charge < -0.3 is 9.47 Å². The van der Waals surface area contributed by atoms with E-state index in [1.807, 2.05) is 6.07 Å². The largest absolute Gasteiger partial charge is 0.493 e. The molecule has 1 saturated carbocycles. The Hall–Kier alpha value is -2.26. The van der Waals surface area contributed by atoms with Crippen LogP contribution >= 0.6 is 0 Å². The smallest absolute Gasteiger partial charge is 0.162 e. The molecule has 0 atom stereocenters. The van der Waals surface area contributed by atoms with E-state index in [1.165, 1.54) is 35.1 Å². The van der Waals surface area contributed by atoms with E-state index in [1.54, 1.807) is 7.11 Å². The third-order valence-electron chi connectivity index (χ3n) is 5.56. The van der Waals surface area contributed by atoms with Crippen LogP contribution in [-0.2, 0) is 6.54 Å². The maximum Gasteiger partial charge on any atom is 0.162 e. The molecule has 0 N–H and O–H groups in total. The van der Waals surface area contributed by atoms with Crippen LogP contribution in [0.2, 0.25) is 0 Å². The predicted octanol–water partition coefficient (Wildman–Crippen LogP) is 6.25. The first kappa shape index (κ1) is 21.4. The highest BCUT2D eigenvalue weighted by Crippen LogP contribution is 2.34. The molecule has 0 unspecified atom stereocenters. The van der Waals surface area contributed by atoms with Crippen LogP contribution in [0.5, 0.6) is 11.5 Å². The van der Waals surface area contributed by atoms with Gasteiger partial charge in [0.1, 0.15) is 0 Å². The second kappa shape index (κ2) is 10.5. The number of nitrogens with zero attached hydrogens (tertiary/aromatic N) is 1. The molecule has 156 valence electrons. The van der Waals surface area contributed by atoms with Crippen LogP contribution in [0.1, 0.15) is 55.7 Å². The Bertz CT molecular complexity index is 821. The van der Waals surface area contributed by atoms with Crippen LogP contribution in [0.4, 0.5) is 0 Å². The Kier molecular flexibility index (Phi) is 7.76. The first-order chi connectivity index (χ1) is 14.1. The molecule has 0 radical (unpaired) electrons. The summed E-state index contributed by atoms with van der Waals surface area (Å²) >= 11 is 0. The lowest BCUT2D eigenvalue weighted by molar-refractivity contribution is 0.200. The van der Waals surface area contributed by atoms with Gasteiger partial charge in [0, 0.05) is 13.1 Å². The molecule has 2 aromatic carbocycles. The van der Waals surface area contributed by atoms with E-state index in [0.717, 1.165) is 43.9 Å². The van der Waals surface area contributed by atoms with Crippen molar-refractivity contribution < 1.29 is 9.47 Å². The zero-order chi connectivity index (χ0) is 20.6. The van der Waals surface area contributed by atoms with Crippen LogP contribution in [0.25, 0.3) is 5.57 Å². The highest BCUT2D eigenvalue weighted by atomic mass is 16.5. The van der Waals surface area contributed by atoms with Gasteiger partial charge in [-0.3, -0.25) is 4.90 Å². The van der Waals surface area contributed by atoms with Crippen molar-refractivity contribution in [1.82, 2.24) is 4.90 Å². The van der Waals surface area contributed by atoms with Gasteiger partial charge in [-0.25, -0.2) is 0 Å². The molecular formula is C26H35NO2. The highest BCUT2D eigenvalue weighted by molar-refractivity contribution is 5.69. The molecule has 1 aliphatic rings. The normalized spacial score (nSPS) is 15.1. The van der Waals surface area contributed by atoms with E-state index in [-0.39, 0.29) is 0 Å². The number of methoxy groups -OCH3 is 1. The summed E-state index contributed by atoms with van der Waals surface area (Å²) in [6.07, 6.45) is 8.47. The van der Waals surface area contributed by atoms with E-state index in [4.69, 9.17) is 9.47 Å². The monoisotopic (exact) mass is 393 g/mol. The molecule has 29 heavy (non-hydrogen) atoms. The minimum atomic E-state index is 0.321. The fourth-order valence-corrected chi connectivity index (χ4v) is 4.14. The summed E-state index contributed by atoms with van der Waals surface area (Å²) in [6, 6.07) is 15.1. The standard InChI is InChI=1S/C26H35NO2/c1-5-9-23(19-27(3)18-21-11-8-10-20(2)16-21)22-14-15-25(28-4)26(17-22)29-24-12-6-7-13-24/h8-11,14-17,24H,5-7,12-13,18-19H2,1-4H3/b23-9+. The van der Waals surface area contributed by atoms with Crippen LogP contribution < -0.4 is 9.47 Å². The van der Waals surface area contributed by atoms with Crippen molar-refractivity contribution >= 4 is 5.57 Å². The van der Waals surface area contributed by atoms with E-state index in [2.05, 4.69) is 68.3 Å². The van der Waals surface area contributed by atoms with Crippen LogP contribution in [0, 0.1) is 6.92 Å². The second-order valence-electron chi connectivity index (χ2n) is 8.19. The van der Waals surface area contributed by atoms with E-state index >= 15 is 0 Å². The molecule has 0 heterocycles. The van der Waals surface area contributed by atoms with Gasteiger partial charge >= 0.3 is 0 Å². The van der Waals surface area contributed by atoms with E-state index < -0.39 is 0 Å². The molecule has 3 nitrogen and oxygen atoms in total. The molecule has 1 fully saturated rings. The van der Waals surface area contributed by atoms with Gasteiger partial charge in [-0.1, -0.05) is 48.9 Å². The molecular weight excluding hydrogens is 358 g/mol. The number of aryl methyl sites for hydroxylation is 1. The number of allylic oxidation sites excluding steroid dienone is 1. The van der Waals surface area contributed by atoms with Crippen molar-refractivity contribution in [1.29, 1.82) is 0 Å². The average molecular weight is 394 g/mol. The Morgan fingerprint density at radius 2 is 1.90 bits per heavy atom. The third-order valence-corrected chi connectivity index (χ3v) is 5.56. The van der Waals surface area contributed by atoms with Crippen molar-refractivity contribution in [3.63, 3.8) is 0 Å². The number of hydrogen-bond donors (Lipinski definition) is 0. The van der Waals surface area contributed by atoms with Gasteiger partial charge in [0.2, 0.25) is 0 Å². The number of hydrogen-bond acceptors (Lipinski definition) is 3. The first-order valence-corrected chi connectivity index (χ1v) is 10.9.